The summed E-state index contributed by atoms with van der Waals surface area (Å²) in [5.74, 6) is 0.260. The van der Waals surface area contributed by atoms with Crippen LogP contribution in [0.5, 0.6) is 0 Å². The Morgan fingerprint density at radius 2 is 1.89 bits per heavy atom. The average Bonchev–Trinajstić information content (AvgIpc) is 2.35. The number of aliphatic hydroxyl groups excluding tert-OH is 1. The van der Waals surface area contributed by atoms with E-state index in [9.17, 15) is 13.5 Å². The van der Waals surface area contributed by atoms with E-state index in [0.717, 1.165) is 10.2 Å². The van der Waals surface area contributed by atoms with Gasteiger partial charge in [-0.25, -0.2) is 8.42 Å². The van der Waals surface area contributed by atoms with Gasteiger partial charge < -0.3 is 10.4 Å². The molecule has 1 saturated heterocycles. The molecular weight excluding hydrogens is 318 g/mol. The second-order valence-electron chi connectivity index (χ2n) is 4.70. The van der Waals surface area contributed by atoms with Crippen LogP contribution in [0, 0.1) is 0 Å². The number of anilines is 1. The second kappa shape index (κ2) is 5.19. The zero-order valence-electron chi connectivity index (χ0n) is 9.89. The predicted octanol–water partition coefficient (Wildman–Crippen LogP) is 1.80. The van der Waals surface area contributed by atoms with Crippen molar-refractivity contribution in [2.75, 3.05) is 23.4 Å². The van der Waals surface area contributed by atoms with Gasteiger partial charge in [-0.05, 0) is 40.9 Å². The topological polar surface area (TPSA) is 66.4 Å². The average molecular weight is 334 g/mol. The Bertz CT molecular complexity index is 516. The van der Waals surface area contributed by atoms with Crippen molar-refractivity contribution in [2.45, 2.75) is 18.4 Å². The lowest BCUT2D eigenvalue weighted by molar-refractivity contribution is 0.200. The first-order valence-corrected chi connectivity index (χ1v) is 8.42. The minimum atomic E-state index is -2.93. The summed E-state index contributed by atoms with van der Waals surface area (Å²) in [4.78, 5) is 0. The highest BCUT2D eigenvalue weighted by Crippen LogP contribution is 2.31. The fourth-order valence-electron chi connectivity index (χ4n) is 2.10. The zero-order chi connectivity index (χ0) is 13.2. The Labute approximate surface area is 115 Å². The summed E-state index contributed by atoms with van der Waals surface area (Å²) in [5, 5.41) is 12.9. The number of halogens is 1. The van der Waals surface area contributed by atoms with Crippen molar-refractivity contribution in [1.29, 1.82) is 0 Å². The molecule has 1 heterocycles. The zero-order valence-corrected chi connectivity index (χ0v) is 12.3. The molecule has 100 valence electrons. The summed E-state index contributed by atoms with van der Waals surface area (Å²) < 4.78 is 23.8. The molecule has 0 aromatic heterocycles. The fraction of sp³-hybridized carbons (Fsp3) is 0.500. The first-order chi connectivity index (χ1) is 8.46. The molecule has 6 heteroatoms. The maximum absolute atomic E-state index is 11.5. The highest BCUT2D eigenvalue weighted by molar-refractivity contribution is 9.10. The van der Waals surface area contributed by atoms with Crippen molar-refractivity contribution in [3.63, 3.8) is 0 Å². The lowest BCUT2D eigenvalue weighted by atomic mass is 9.93. The highest BCUT2D eigenvalue weighted by Gasteiger charge is 2.37. The predicted molar refractivity (Wildman–Crippen MR) is 75.5 cm³/mol. The molecule has 2 rings (SSSR count). The van der Waals surface area contributed by atoms with Crippen molar-refractivity contribution in [2.24, 2.45) is 0 Å². The molecule has 0 aliphatic carbocycles. The van der Waals surface area contributed by atoms with Crippen molar-refractivity contribution in [3.05, 3.63) is 28.7 Å². The fourth-order valence-corrected chi connectivity index (χ4v) is 4.09. The molecule has 0 amide bonds. The van der Waals surface area contributed by atoms with Gasteiger partial charge in [0.15, 0.2) is 9.84 Å². The molecule has 18 heavy (non-hydrogen) atoms. The van der Waals surface area contributed by atoms with Gasteiger partial charge in [-0.15, -0.1) is 0 Å². The first-order valence-electron chi connectivity index (χ1n) is 5.80. The van der Waals surface area contributed by atoms with Crippen LogP contribution in [0.15, 0.2) is 28.7 Å². The van der Waals surface area contributed by atoms with Crippen LogP contribution >= 0.6 is 15.9 Å². The van der Waals surface area contributed by atoms with Gasteiger partial charge in [0.2, 0.25) is 0 Å². The third-order valence-electron chi connectivity index (χ3n) is 3.36. The van der Waals surface area contributed by atoms with E-state index in [2.05, 4.69) is 21.2 Å². The lowest BCUT2D eigenvalue weighted by Gasteiger charge is -2.37. The summed E-state index contributed by atoms with van der Waals surface area (Å²) >= 11 is 3.44. The number of sulfone groups is 1. The van der Waals surface area contributed by atoms with E-state index in [-0.39, 0.29) is 18.1 Å². The van der Waals surface area contributed by atoms with Crippen LogP contribution in [-0.2, 0) is 9.84 Å². The van der Waals surface area contributed by atoms with Crippen LogP contribution < -0.4 is 5.32 Å². The number of hydrogen-bond acceptors (Lipinski definition) is 4. The van der Waals surface area contributed by atoms with Crippen LogP contribution in [0.3, 0.4) is 0 Å². The Morgan fingerprint density at radius 1 is 1.28 bits per heavy atom. The van der Waals surface area contributed by atoms with Crippen LogP contribution in [0.2, 0.25) is 0 Å². The number of nitrogens with one attached hydrogen (secondary N) is 1. The number of benzene rings is 1. The molecular formula is C12H16BrNO3S. The van der Waals surface area contributed by atoms with Gasteiger partial charge in [-0.1, -0.05) is 12.1 Å². The third kappa shape index (κ3) is 3.05. The normalized spacial score (nSPS) is 21.4. The molecule has 0 unspecified atom stereocenters. The Kier molecular flexibility index (Phi) is 3.99. The van der Waals surface area contributed by atoms with Gasteiger partial charge in [0.1, 0.15) is 0 Å². The second-order valence-corrected chi connectivity index (χ2v) is 7.85. The number of hydrogen-bond donors (Lipinski definition) is 2. The SMILES string of the molecule is O=S1(=O)CCC(CO)(Nc2ccccc2Br)CC1. The van der Waals surface area contributed by atoms with Gasteiger partial charge in [0, 0.05) is 10.2 Å². The lowest BCUT2D eigenvalue weighted by Crippen LogP contribution is -2.48. The maximum atomic E-state index is 11.5. The summed E-state index contributed by atoms with van der Waals surface area (Å²) in [7, 11) is -2.93. The Hall–Kier alpha value is -0.590. The van der Waals surface area contributed by atoms with Gasteiger partial charge >= 0.3 is 0 Å². The largest absolute Gasteiger partial charge is 0.394 e. The molecule has 1 aliphatic rings. The number of para-hydroxylation sites is 1. The Balaban J connectivity index is 2.18. The monoisotopic (exact) mass is 333 g/mol. The first kappa shape index (κ1) is 13.8. The molecule has 0 spiro atoms. The minimum Gasteiger partial charge on any atom is -0.394 e. The molecule has 0 radical (unpaired) electrons. The summed E-state index contributed by atoms with van der Waals surface area (Å²) in [6.45, 7) is -0.0656. The van der Waals surface area contributed by atoms with Crippen molar-refractivity contribution in [1.82, 2.24) is 0 Å². The molecule has 1 fully saturated rings. The van der Waals surface area contributed by atoms with Gasteiger partial charge in [0.25, 0.3) is 0 Å². The van der Waals surface area contributed by atoms with E-state index in [1.54, 1.807) is 0 Å². The van der Waals surface area contributed by atoms with Gasteiger partial charge in [-0.3, -0.25) is 0 Å². The van der Waals surface area contributed by atoms with E-state index < -0.39 is 15.4 Å². The molecule has 1 aromatic rings. The standard InChI is InChI=1S/C12H16BrNO3S/c13-10-3-1-2-4-11(10)14-12(9-15)5-7-18(16,17)8-6-12/h1-4,14-15H,5-9H2. The minimum absolute atomic E-state index is 0.0656. The summed E-state index contributed by atoms with van der Waals surface area (Å²) in [5.41, 5.74) is 0.348. The smallest absolute Gasteiger partial charge is 0.150 e. The molecule has 2 N–H and O–H groups in total. The quantitative estimate of drug-likeness (QED) is 0.885. The van der Waals surface area contributed by atoms with E-state index in [4.69, 9.17) is 0 Å². The number of aliphatic hydroxyl groups is 1. The molecule has 4 nitrogen and oxygen atoms in total. The van der Waals surface area contributed by atoms with Crippen LogP contribution in [0.1, 0.15) is 12.8 Å². The van der Waals surface area contributed by atoms with E-state index in [0.29, 0.717) is 12.8 Å². The summed E-state index contributed by atoms with van der Waals surface area (Å²) in [6, 6.07) is 7.63. The van der Waals surface area contributed by atoms with Crippen LogP contribution in [0.25, 0.3) is 0 Å². The van der Waals surface area contributed by atoms with E-state index >= 15 is 0 Å². The van der Waals surface area contributed by atoms with Crippen molar-refractivity contribution < 1.29 is 13.5 Å². The molecule has 0 atom stereocenters. The van der Waals surface area contributed by atoms with E-state index in [1.165, 1.54) is 0 Å². The van der Waals surface area contributed by atoms with Crippen LogP contribution in [0.4, 0.5) is 5.69 Å². The van der Waals surface area contributed by atoms with Crippen molar-refractivity contribution >= 4 is 31.5 Å². The summed E-state index contributed by atoms with van der Waals surface area (Å²) in [6.07, 6.45) is 0.875. The Morgan fingerprint density at radius 3 is 2.44 bits per heavy atom. The number of rotatable bonds is 3. The van der Waals surface area contributed by atoms with Gasteiger partial charge in [0.05, 0.1) is 23.7 Å². The molecule has 0 saturated carbocycles. The van der Waals surface area contributed by atoms with Gasteiger partial charge in [-0.2, -0.15) is 0 Å². The van der Waals surface area contributed by atoms with Crippen LogP contribution in [-0.4, -0.2) is 37.2 Å². The third-order valence-corrected chi connectivity index (χ3v) is 5.70. The maximum Gasteiger partial charge on any atom is 0.150 e. The van der Waals surface area contributed by atoms with E-state index in [1.807, 2.05) is 24.3 Å². The molecule has 1 aliphatic heterocycles. The molecule has 0 bridgehead atoms. The van der Waals surface area contributed by atoms with Crippen molar-refractivity contribution in [3.8, 4) is 0 Å². The molecule has 1 aromatic carbocycles. The highest BCUT2D eigenvalue weighted by atomic mass is 79.9.